The van der Waals surface area contributed by atoms with Crippen LogP contribution in [0, 0.1) is 5.82 Å². The van der Waals surface area contributed by atoms with Gasteiger partial charge in [-0.1, -0.05) is 0 Å². The Kier molecular flexibility index (Phi) is 3.05. The predicted octanol–water partition coefficient (Wildman–Crippen LogP) is 1.55. The molecule has 0 amide bonds. The third-order valence-corrected chi connectivity index (χ3v) is 1.61. The second-order valence-electron chi connectivity index (χ2n) is 2.49. The summed E-state index contributed by atoms with van der Waals surface area (Å²) in [5, 5.41) is 2.94. The van der Waals surface area contributed by atoms with Gasteiger partial charge in [0.1, 0.15) is 11.6 Å². The summed E-state index contributed by atoms with van der Waals surface area (Å²) in [4.78, 5) is 0. The Labute approximate surface area is 71.4 Å². The van der Waals surface area contributed by atoms with Crippen LogP contribution >= 0.6 is 0 Å². The largest absolute Gasteiger partial charge is 0.496 e. The lowest BCUT2D eigenvalue weighted by Gasteiger charge is -2.07. The van der Waals surface area contributed by atoms with Gasteiger partial charge in [-0.15, -0.1) is 0 Å². The molecule has 1 aromatic rings. The highest BCUT2D eigenvalue weighted by atomic mass is 19.1. The molecule has 2 nitrogen and oxygen atoms in total. The first kappa shape index (κ1) is 9.00. The van der Waals surface area contributed by atoms with Gasteiger partial charge in [-0.25, -0.2) is 4.39 Å². The Morgan fingerprint density at radius 2 is 2.25 bits per heavy atom. The molecule has 1 aromatic carbocycles. The van der Waals surface area contributed by atoms with Crippen LogP contribution in [0.4, 0.5) is 4.39 Å². The monoisotopic (exact) mass is 169 g/mol. The summed E-state index contributed by atoms with van der Waals surface area (Å²) in [5.74, 6) is 0.479. The fourth-order valence-corrected chi connectivity index (χ4v) is 1.08. The topological polar surface area (TPSA) is 21.3 Å². The number of hydrogen-bond donors (Lipinski definition) is 1. The molecule has 0 aliphatic carbocycles. The smallest absolute Gasteiger partial charge is 0.123 e. The van der Waals surface area contributed by atoms with Crippen molar-refractivity contribution in [1.29, 1.82) is 0 Å². The molecular weight excluding hydrogens is 157 g/mol. The van der Waals surface area contributed by atoms with Gasteiger partial charge in [-0.3, -0.25) is 0 Å². The van der Waals surface area contributed by atoms with Gasteiger partial charge >= 0.3 is 0 Å². The number of nitrogens with one attached hydrogen (secondary N) is 1. The molecule has 0 saturated heterocycles. The van der Waals surface area contributed by atoms with Crippen LogP contribution in [0.5, 0.6) is 5.75 Å². The van der Waals surface area contributed by atoms with Crippen LogP contribution in [0.2, 0.25) is 0 Å². The highest BCUT2D eigenvalue weighted by Gasteiger charge is 2.02. The van der Waals surface area contributed by atoms with Gasteiger partial charge in [0.15, 0.2) is 0 Å². The first-order valence-corrected chi connectivity index (χ1v) is 3.75. The summed E-state index contributed by atoms with van der Waals surface area (Å²) in [6, 6.07) is 4.48. The minimum atomic E-state index is -0.235. The van der Waals surface area contributed by atoms with Crippen molar-refractivity contribution >= 4 is 0 Å². The van der Waals surface area contributed by atoms with Crippen molar-refractivity contribution in [1.82, 2.24) is 5.32 Å². The number of hydrogen-bond acceptors (Lipinski definition) is 2. The fourth-order valence-electron chi connectivity index (χ4n) is 1.08. The lowest BCUT2D eigenvalue weighted by molar-refractivity contribution is 0.407. The molecule has 3 heteroatoms. The maximum Gasteiger partial charge on any atom is 0.123 e. The van der Waals surface area contributed by atoms with E-state index >= 15 is 0 Å². The molecule has 0 unspecified atom stereocenters. The van der Waals surface area contributed by atoms with Gasteiger partial charge in [0.25, 0.3) is 0 Å². The first-order valence-electron chi connectivity index (χ1n) is 3.75. The zero-order valence-electron chi connectivity index (χ0n) is 7.23. The maximum atomic E-state index is 12.7. The molecule has 12 heavy (non-hydrogen) atoms. The first-order chi connectivity index (χ1) is 5.77. The van der Waals surface area contributed by atoms with Gasteiger partial charge in [0.2, 0.25) is 0 Å². The van der Waals surface area contributed by atoms with E-state index in [1.807, 2.05) is 7.05 Å². The van der Waals surface area contributed by atoms with Crippen molar-refractivity contribution in [2.45, 2.75) is 6.54 Å². The Morgan fingerprint density at radius 3 is 2.83 bits per heavy atom. The minimum absolute atomic E-state index is 0.235. The van der Waals surface area contributed by atoms with Gasteiger partial charge in [0.05, 0.1) is 7.11 Å². The van der Waals surface area contributed by atoms with Crippen LogP contribution < -0.4 is 10.1 Å². The number of ether oxygens (including phenoxy) is 1. The van der Waals surface area contributed by atoms with E-state index in [2.05, 4.69) is 5.32 Å². The normalized spacial score (nSPS) is 9.92. The van der Waals surface area contributed by atoms with Crippen LogP contribution in [0.1, 0.15) is 5.56 Å². The molecule has 0 aromatic heterocycles. The number of rotatable bonds is 3. The van der Waals surface area contributed by atoms with Gasteiger partial charge in [-0.05, 0) is 25.2 Å². The predicted molar refractivity (Wildman–Crippen MR) is 45.7 cm³/mol. The summed E-state index contributed by atoms with van der Waals surface area (Å²) in [7, 11) is 3.39. The average Bonchev–Trinajstić information content (AvgIpc) is 2.05. The van der Waals surface area contributed by atoms with Crippen molar-refractivity contribution in [2.24, 2.45) is 0 Å². The molecule has 0 fully saturated rings. The Bertz CT molecular complexity index is 263. The van der Waals surface area contributed by atoms with Crippen LogP contribution in [0.15, 0.2) is 18.2 Å². The van der Waals surface area contributed by atoms with Crippen molar-refractivity contribution < 1.29 is 9.13 Å². The van der Waals surface area contributed by atoms with Crippen molar-refractivity contribution in [3.8, 4) is 5.75 Å². The van der Waals surface area contributed by atoms with E-state index in [9.17, 15) is 4.39 Å². The molecule has 0 heterocycles. The van der Waals surface area contributed by atoms with Gasteiger partial charge < -0.3 is 10.1 Å². The summed E-state index contributed by atoms with van der Waals surface area (Å²) in [6.07, 6.45) is 0. The van der Waals surface area contributed by atoms with Gasteiger partial charge in [0, 0.05) is 12.1 Å². The van der Waals surface area contributed by atoms with Crippen molar-refractivity contribution in [3.05, 3.63) is 29.6 Å². The molecule has 1 rings (SSSR count). The lowest BCUT2D eigenvalue weighted by atomic mass is 10.2. The van der Waals surface area contributed by atoms with Crippen LogP contribution in [0.25, 0.3) is 0 Å². The van der Waals surface area contributed by atoms with E-state index in [-0.39, 0.29) is 5.82 Å². The second-order valence-corrected chi connectivity index (χ2v) is 2.49. The number of halogens is 1. The average molecular weight is 169 g/mol. The Morgan fingerprint density at radius 1 is 1.50 bits per heavy atom. The highest BCUT2D eigenvalue weighted by molar-refractivity contribution is 5.33. The number of benzene rings is 1. The third kappa shape index (κ3) is 1.95. The standard InChI is InChI=1S/C9H12FNO/c1-11-6-7-5-8(10)3-4-9(7)12-2/h3-5,11H,6H2,1-2H3. The van der Waals surface area contributed by atoms with Crippen LogP contribution in [-0.4, -0.2) is 14.2 Å². The zero-order chi connectivity index (χ0) is 8.97. The van der Waals surface area contributed by atoms with Crippen LogP contribution in [-0.2, 0) is 6.54 Å². The molecule has 0 aliphatic heterocycles. The zero-order valence-corrected chi connectivity index (χ0v) is 7.23. The molecule has 0 saturated carbocycles. The fraction of sp³-hybridized carbons (Fsp3) is 0.333. The van der Waals surface area contributed by atoms with E-state index in [4.69, 9.17) is 4.74 Å². The Hall–Kier alpha value is -1.09. The molecule has 0 bridgehead atoms. The summed E-state index contributed by atoms with van der Waals surface area (Å²) >= 11 is 0. The van der Waals surface area contributed by atoms with E-state index in [0.717, 1.165) is 5.56 Å². The SMILES string of the molecule is CNCc1cc(F)ccc1OC. The third-order valence-electron chi connectivity index (χ3n) is 1.61. The minimum Gasteiger partial charge on any atom is -0.496 e. The summed E-state index contributed by atoms with van der Waals surface area (Å²) in [6.45, 7) is 0.612. The molecule has 0 aliphatic rings. The van der Waals surface area contributed by atoms with E-state index < -0.39 is 0 Å². The summed E-state index contributed by atoms with van der Waals surface area (Å²) in [5.41, 5.74) is 0.833. The molecular formula is C9H12FNO. The Balaban J connectivity index is 2.95. The number of methoxy groups -OCH3 is 1. The maximum absolute atomic E-state index is 12.7. The van der Waals surface area contributed by atoms with Crippen LogP contribution in [0.3, 0.4) is 0 Å². The highest BCUT2D eigenvalue weighted by Crippen LogP contribution is 2.18. The second kappa shape index (κ2) is 4.07. The lowest BCUT2D eigenvalue weighted by Crippen LogP contribution is -2.06. The molecule has 66 valence electrons. The molecule has 0 atom stereocenters. The van der Waals surface area contributed by atoms with E-state index in [0.29, 0.717) is 12.3 Å². The quantitative estimate of drug-likeness (QED) is 0.741. The van der Waals surface area contributed by atoms with Crippen molar-refractivity contribution in [2.75, 3.05) is 14.2 Å². The van der Waals surface area contributed by atoms with Crippen molar-refractivity contribution in [3.63, 3.8) is 0 Å². The molecule has 1 N–H and O–H groups in total. The molecule has 0 spiro atoms. The molecule has 0 radical (unpaired) electrons. The van der Waals surface area contributed by atoms with E-state index in [1.165, 1.54) is 12.1 Å². The van der Waals surface area contributed by atoms with E-state index in [1.54, 1.807) is 13.2 Å². The summed E-state index contributed by atoms with van der Waals surface area (Å²) < 4.78 is 17.8. The van der Waals surface area contributed by atoms with Gasteiger partial charge in [-0.2, -0.15) is 0 Å².